The molecular weight excluding hydrogens is 304 g/mol. The molecule has 0 aromatic heterocycles. The van der Waals surface area contributed by atoms with Gasteiger partial charge in [-0.05, 0) is 37.8 Å². The molecule has 1 N–H and O–H groups in total. The summed E-state index contributed by atoms with van der Waals surface area (Å²) in [5, 5.41) is 9.72. The van der Waals surface area contributed by atoms with E-state index in [-0.39, 0.29) is 12.5 Å². The summed E-state index contributed by atoms with van der Waals surface area (Å²) in [6.07, 6.45) is 4.47. The summed E-state index contributed by atoms with van der Waals surface area (Å²) < 4.78 is 0. The number of hydrogen-bond donors (Lipinski definition) is 1. The van der Waals surface area contributed by atoms with Crippen molar-refractivity contribution in [3.8, 4) is 0 Å². The van der Waals surface area contributed by atoms with Crippen molar-refractivity contribution in [2.45, 2.75) is 37.8 Å². The minimum Gasteiger partial charge on any atom is -0.480 e. The number of carboxylic acids is 1. The Morgan fingerprint density at radius 2 is 1.86 bits per heavy atom. The van der Waals surface area contributed by atoms with Gasteiger partial charge < -0.3 is 10.0 Å². The maximum absolute atomic E-state index is 12.7. The van der Waals surface area contributed by atoms with Crippen molar-refractivity contribution < 1.29 is 14.7 Å². The second-order valence-electron chi connectivity index (χ2n) is 5.80. The van der Waals surface area contributed by atoms with Gasteiger partial charge in [-0.3, -0.25) is 14.6 Å². The van der Waals surface area contributed by atoms with E-state index >= 15 is 0 Å². The number of halogens is 1. The molecule has 1 heterocycles. The normalized spacial score (nSPS) is 20.3. The predicted molar refractivity (Wildman–Crippen MR) is 83.2 cm³/mol. The van der Waals surface area contributed by atoms with Crippen molar-refractivity contribution in [2.75, 3.05) is 6.54 Å². The lowest BCUT2D eigenvalue weighted by molar-refractivity contribution is -0.145. The van der Waals surface area contributed by atoms with Crippen LogP contribution in [0.5, 0.6) is 0 Å². The fourth-order valence-corrected chi connectivity index (χ4v) is 3.41. The largest absolute Gasteiger partial charge is 0.480 e. The highest BCUT2D eigenvalue weighted by molar-refractivity contribution is 6.47. The van der Waals surface area contributed by atoms with Crippen LogP contribution in [0.1, 0.15) is 37.7 Å². The van der Waals surface area contributed by atoms with Crippen LogP contribution in [-0.4, -0.2) is 39.8 Å². The number of aliphatic imine (C=N–C) groups is 1. The third kappa shape index (κ3) is 2.61. The number of carbonyl (C=O) groups is 2. The third-order valence-electron chi connectivity index (χ3n) is 4.34. The van der Waals surface area contributed by atoms with Gasteiger partial charge in [-0.15, -0.1) is 0 Å². The second kappa shape index (κ2) is 5.72. The lowest BCUT2D eigenvalue weighted by atomic mass is 9.88. The molecule has 0 radical (unpaired) electrons. The Balaban J connectivity index is 1.99. The van der Waals surface area contributed by atoms with Crippen molar-refractivity contribution in [1.82, 2.24) is 4.90 Å². The molecule has 1 fully saturated rings. The number of amides is 1. The van der Waals surface area contributed by atoms with E-state index in [9.17, 15) is 9.59 Å². The SMILES string of the molecule is O=C(O)CN1C(=O)C(c2ccc(Cl)cc2)=NC12CCCCC2. The Morgan fingerprint density at radius 3 is 2.45 bits per heavy atom. The second-order valence-corrected chi connectivity index (χ2v) is 6.23. The number of benzene rings is 1. The molecule has 0 bridgehead atoms. The molecule has 5 nitrogen and oxygen atoms in total. The Hall–Kier alpha value is -1.88. The fourth-order valence-electron chi connectivity index (χ4n) is 3.28. The van der Waals surface area contributed by atoms with Crippen molar-refractivity contribution in [3.05, 3.63) is 34.9 Å². The van der Waals surface area contributed by atoms with Gasteiger partial charge in [-0.1, -0.05) is 30.2 Å². The summed E-state index contributed by atoms with van der Waals surface area (Å²) in [4.78, 5) is 30.0. The van der Waals surface area contributed by atoms with E-state index < -0.39 is 11.6 Å². The van der Waals surface area contributed by atoms with E-state index in [4.69, 9.17) is 16.7 Å². The van der Waals surface area contributed by atoms with Crippen molar-refractivity contribution in [3.63, 3.8) is 0 Å². The first-order valence-corrected chi connectivity index (χ1v) is 7.79. The molecular formula is C16H17ClN2O3. The van der Waals surface area contributed by atoms with Gasteiger partial charge in [-0.25, -0.2) is 0 Å². The highest BCUT2D eigenvalue weighted by atomic mass is 35.5. The monoisotopic (exact) mass is 320 g/mol. The molecule has 1 aromatic rings. The quantitative estimate of drug-likeness (QED) is 0.931. The van der Waals surface area contributed by atoms with Gasteiger partial charge >= 0.3 is 5.97 Å². The van der Waals surface area contributed by atoms with Gasteiger partial charge in [0, 0.05) is 10.6 Å². The lowest BCUT2D eigenvalue weighted by Gasteiger charge is -2.38. The van der Waals surface area contributed by atoms with E-state index in [1.54, 1.807) is 24.3 Å². The molecule has 22 heavy (non-hydrogen) atoms. The van der Waals surface area contributed by atoms with E-state index in [0.717, 1.165) is 32.1 Å². The molecule has 3 rings (SSSR count). The third-order valence-corrected chi connectivity index (χ3v) is 4.59. The molecule has 0 saturated heterocycles. The molecule has 1 spiro atoms. The summed E-state index contributed by atoms with van der Waals surface area (Å²) in [7, 11) is 0. The predicted octanol–water partition coefficient (Wildman–Crippen LogP) is 2.72. The van der Waals surface area contributed by atoms with Crippen LogP contribution in [0.3, 0.4) is 0 Å². The van der Waals surface area contributed by atoms with E-state index in [1.165, 1.54) is 4.90 Å². The average molecular weight is 321 g/mol. The fraction of sp³-hybridized carbons (Fsp3) is 0.438. The number of carboxylic acid groups (broad SMARTS) is 1. The first-order valence-electron chi connectivity index (χ1n) is 7.41. The van der Waals surface area contributed by atoms with Gasteiger partial charge in [0.15, 0.2) is 0 Å². The van der Waals surface area contributed by atoms with Crippen LogP contribution in [0.4, 0.5) is 0 Å². The number of aliphatic carboxylic acids is 1. The number of hydrogen-bond acceptors (Lipinski definition) is 3. The molecule has 1 aliphatic carbocycles. The zero-order valence-corrected chi connectivity index (χ0v) is 12.8. The van der Waals surface area contributed by atoms with Crippen molar-refractivity contribution >= 4 is 29.2 Å². The van der Waals surface area contributed by atoms with Crippen molar-refractivity contribution in [1.29, 1.82) is 0 Å². The first kappa shape index (κ1) is 15.0. The van der Waals surface area contributed by atoms with Gasteiger partial charge in [0.2, 0.25) is 0 Å². The Labute approximate surface area is 133 Å². The lowest BCUT2D eigenvalue weighted by Crippen LogP contribution is -2.50. The summed E-state index contributed by atoms with van der Waals surface area (Å²) in [6.45, 7) is -0.306. The van der Waals surface area contributed by atoms with Crippen LogP contribution in [0.25, 0.3) is 0 Å². The van der Waals surface area contributed by atoms with Crippen molar-refractivity contribution in [2.24, 2.45) is 4.99 Å². The molecule has 0 atom stereocenters. The van der Waals surface area contributed by atoms with Gasteiger partial charge in [0.05, 0.1) is 0 Å². The molecule has 1 aromatic carbocycles. The number of carbonyl (C=O) groups excluding carboxylic acids is 1. The number of nitrogens with zero attached hydrogens (tertiary/aromatic N) is 2. The Morgan fingerprint density at radius 1 is 1.23 bits per heavy atom. The molecule has 1 amide bonds. The van der Waals surface area contributed by atoms with E-state index in [0.29, 0.717) is 16.3 Å². The minimum atomic E-state index is -1.01. The maximum atomic E-state index is 12.7. The van der Waals surface area contributed by atoms with Gasteiger partial charge in [0.1, 0.15) is 17.9 Å². The summed E-state index contributed by atoms with van der Waals surface area (Å²) in [5.41, 5.74) is 0.356. The molecule has 1 saturated carbocycles. The van der Waals surface area contributed by atoms with Crippen LogP contribution in [0.15, 0.2) is 29.3 Å². The number of rotatable bonds is 3. The molecule has 116 valence electrons. The topological polar surface area (TPSA) is 70.0 Å². The van der Waals surface area contributed by atoms with E-state index in [2.05, 4.69) is 4.99 Å². The standard InChI is InChI=1S/C16H17ClN2O3/c17-12-6-4-11(5-7-12)14-15(22)19(10-13(20)21)16(18-14)8-2-1-3-9-16/h4-7H,1-3,8-10H2,(H,20,21). The molecule has 0 unspecified atom stereocenters. The van der Waals surface area contributed by atoms with Gasteiger partial charge in [0.25, 0.3) is 5.91 Å². The Bertz CT molecular complexity index is 633. The van der Waals surface area contributed by atoms with Crippen LogP contribution in [0, 0.1) is 0 Å². The molecule has 2 aliphatic rings. The molecule has 1 aliphatic heterocycles. The maximum Gasteiger partial charge on any atom is 0.323 e. The van der Waals surface area contributed by atoms with Crippen LogP contribution in [-0.2, 0) is 9.59 Å². The van der Waals surface area contributed by atoms with Crippen LogP contribution in [0.2, 0.25) is 5.02 Å². The van der Waals surface area contributed by atoms with Crippen LogP contribution < -0.4 is 0 Å². The highest BCUT2D eigenvalue weighted by Gasteiger charge is 2.48. The first-order chi connectivity index (χ1) is 10.5. The zero-order valence-electron chi connectivity index (χ0n) is 12.1. The molecule has 6 heteroatoms. The minimum absolute atomic E-state index is 0.299. The zero-order chi connectivity index (χ0) is 15.7. The summed E-state index contributed by atoms with van der Waals surface area (Å²) in [6, 6.07) is 6.92. The highest BCUT2D eigenvalue weighted by Crippen LogP contribution is 2.39. The summed E-state index contributed by atoms with van der Waals surface area (Å²) in [5.74, 6) is -1.31. The van der Waals surface area contributed by atoms with Gasteiger partial charge in [-0.2, -0.15) is 0 Å². The average Bonchev–Trinajstić information content (AvgIpc) is 2.74. The Kier molecular flexibility index (Phi) is 3.91. The van der Waals surface area contributed by atoms with E-state index in [1.807, 2.05) is 0 Å². The summed E-state index contributed by atoms with van der Waals surface area (Å²) >= 11 is 5.88. The smallest absolute Gasteiger partial charge is 0.323 e. The van der Waals surface area contributed by atoms with Crippen LogP contribution >= 0.6 is 11.6 Å².